The van der Waals surface area contributed by atoms with Crippen molar-refractivity contribution in [1.29, 1.82) is 5.26 Å². The van der Waals surface area contributed by atoms with Crippen molar-refractivity contribution in [3.8, 4) is 28.7 Å². The quantitative estimate of drug-likeness (QED) is 0.708. The average Bonchev–Trinajstić information content (AvgIpc) is 2.66. The fourth-order valence-corrected chi connectivity index (χ4v) is 2.85. The fraction of sp³-hybridized carbons (Fsp3) is 0.143. The molecule has 0 unspecified atom stereocenters. The van der Waals surface area contributed by atoms with Crippen LogP contribution < -0.4 is 15.0 Å². The van der Waals surface area contributed by atoms with Crippen LogP contribution in [0.25, 0.3) is 11.1 Å². The van der Waals surface area contributed by atoms with Crippen LogP contribution in [-0.4, -0.2) is 12.1 Å². The first kappa shape index (κ1) is 18.6. The van der Waals surface area contributed by atoms with Crippen LogP contribution in [0.15, 0.2) is 53.3 Å². The van der Waals surface area contributed by atoms with E-state index in [0.717, 1.165) is 5.56 Å². The van der Waals surface area contributed by atoms with Crippen molar-refractivity contribution >= 4 is 11.6 Å². The van der Waals surface area contributed by atoms with Gasteiger partial charge in [-0.25, -0.2) is 0 Å². The summed E-state index contributed by atoms with van der Waals surface area (Å²) < 4.78 is 11.3. The maximum atomic E-state index is 12.1. The van der Waals surface area contributed by atoms with Crippen molar-refractivity contribution in [1.82, 2.24) is 4.98 Å². The molecule has 6 heteroatoms. The molecule has 0 saturated carbocycles. The van der Waals surface area contributed by atoms with E-state index in [-0.39, 0.29) is 5.56 Å². The molecule has 2 aromatic carbocycles. The van der Waals surface area contributed by atoms with Gasteiger partial charge in [0.25, 0.3) is 5.56 Å². The van der Waals surface area contributed by atoms with Gasteiger partial charge in [-0.1, -0.05) is 29.8 Å². The van der Waals surface area contributed by atoms with E-state index in [1.54, 1.807) is 50.4 Å². The zero-order valence-electron chi connectivity index (χ0n) is 14.9. The maximum absolute atomic E-state index is 12.1. The van der Waals surface area contributed by atoms with Gasteiger partial charge in [0.15, 0.2) is 11.5 Å². The third-order valence-electron chi connectivity index (χ3n) is 4.06. The van der Waals surface area contributed by atoms with Crippen molar-refractivity contribution in [2.75, 3.05) is 7.11 Å². The van der Waals surface area contributed by atoms with E-state index >= 15 is 0 Å². The van der Waals surface area contributed by atoms with Gasteiger partial charge in [0.1, 0.15) is 18.2 Å². The highest BCUT2D eigenvalue weighted by Crippen LogP contribution is 2.34. The number of aromatic amines is 1. The number of benzene rings is 2. The molecule has 0 bridgehead atoms. The number of nitrogens with one attached hydrogen (secondary N) is 1. The number of halogens is 1. The number of aromatic nitrogens is 1. The Labute approximate surface area is 161 Å². The van der Waals surface area contributed by atoms with Crippen molar-refractivity contribution in [2.45, 2.75) is 13.5 Å². The molecule has 0 saturated heterocycles. The van der Waals surface area contributed by atoms with E-state index in [2.05, 4.69) is 4.98 Å². The SMILES string of the molecule is COc1ccc(-c2cc(C)[nH]c(=O)c2C#N)cc1OCc1ccc(Cl)cc1. The summed E-state index contributed by atoms with van der Waals surface area (Å²) in [5.74, 6) is 1.08. The van der Waals surface area contributed by atoms with Crippen LogP contribution in [0.5, 0.6) is 11.5 Å². The van der Waals surface area contributed by atoms with Crippen LogP contribution in [0.4, 0.5) is 0 Å². The number of methoxy groups -OCH3 is 1. The minimum atomic E-state index is -0.410. The second kappa shape index (κ2) is 7.98. The van der Waals surface area contributed by atoms with Gasteiger partial charge >= 0.3 is 0 Å². The topological polar surface area (TPSA) is 75.1 Å². The first-order chi connectivity index (χ1) is 13.0. The summed E-state index contributed by atoms with van der Waals surface area (Å²) in [5.41, 5.74) is 2.54. The van der Waals surface area contributed by atoms with E-state index in [4.69, 9.17) is 21.1 Å². The number of rotatable bonds is 5. The Kier molecular flexibility index (Phi) is 5.49. The molecule has 136 valence electrons. The number of nitriles is 1. The van der Waals surface area contributed by atoms with Crippen LogP contribution >= 0.6 is 11.6 Å². The molecule has 0 amide bonds. The van der Waals surface area contributed by atoms with E-state index in [9.17, 15) is 10.1 Å². The lowest BCUT2D eigenvalue weighted by molar-refractivity contribution is 0.284. The Hall–Kier alpha value is -3.23. The standard InChI is InChI=1S/C21H17ClN2O3/c1-13-9-17(18(11-23)21(25)24-13)15-5-8-19(26-2)20(10-15)27-12-14-3-6-16(22)7-4-14/h3-10H,12H2,1-2H3,(H,24,25). The molecule has 5 nitrogen and oxygen atoms in total. The van der Waals surface area contributed by atoms with Crippen LogP contribution in [0.2, 0.25) is 5.02 Å². The van der Waals surface area contributed by atoms with E-state index in [0.29, 0.717) is 39.9 Å². The molecular formula is C21H17ClN2O3. The Morgan fingerprint density at radius 3 is 2.52 bits per heavy atom. The molecule has 1 N–H and O–H groups in total. The first-order valence-electron chi connectivity index (χ1n) is 8.21. The molecule has 0 spiro atoms. The molecule has 0 fully saturated rings. The van der Waals surface area contributed by atoms with Gasteiger partial charge in [0, 0.05) is 16.3 Å². The van der Waals surface area contributed by atoms with Gasteiger partial charge in [-0.05, 0) is 48.4 Å². The Balaban J connectivity index is 1.98. The third-order valence-corrected chi connectivity index (χ3v) is 4.31. The average molecular weight is 381 g/mol. The number of nitrogens with zero attached hydrogens (tertiary/aromatic N) is 1. The summed E-state index contributed by atoms with van der Waals surface area (Å²) in [6.07, 6.45) is 0. The summed E-state index contributed by atoms with van der Waals surface area (Å²) >= 11 is 5.90. The number of hydrogen-bond acceptors (Lipinski definition) is 4. The fourth-order valence-electron chi connectivity index (χ4n) is 2.73. The number of ether oxygens (including phenoxy) is 2. The molecule has 1 aromatic heterocycles. The van der Waals surface area contributed by atoms with Gasteiger partial charge in [-0.2, -0.15) is 5.26 Å². The van der Waals surface area contributed by atoms with Gasteiger partial charge in [-0.15, -0.1) is 0 Å². The maximum Gasteiger partial charge on any atom is 0.266 e. The number of pyridine rings is 1. The Morgan fingerprint density at radius 2 is 1.85 bits per heavy atom. The zero-order chi connectivity index (χ0) is 19.4. The summed E-state index contributed by atoms with van der Waals surface area (Å²) in [6.45, 7) is 2.10. The van der Waals surface area contributed by atoms with Crippen molar-refractivity contribution in [3.05, 3.63) is 80.7 Å². The van der Waals surface area contributed by atoms with Crippen molar-refractivity contribution in [2.24, 2.45) is 0 Å². The third kappa shape index (κ3) is 4.13. The summed E-state index contributed by atoms with van der Waals surface area (Å²) in [6, 6.07) is 16.4. The molecule has 27 heavy (non-hydrogen) atoms. The molecule has 0 aliphatic rings. The van der Waals surface area contributed by atoms with E-state index < -0.39 is 5.56 Å². The molecule has 0 radical (unpaired) electrons. The molecule has 0 aliphatic carbocycles. The highest BCUT2D eigenvalue weighted by Gasteiger charge is 2.13. The summed E-state index contributed by atoms with van der Waals surface area (Å²) in [5, 5.41) is 10.0. The first-order valence-corrected chi connectivity index (χ1v) is 8.59. The zero-order valence-corrected chi connectivity index (χ0v) is 15.6. The second-order valence-electron chi connectivity index (χ2n) is 5.96. The highest BCUT2D eigenvalue weighted by atomic mass is 35.5. The predicted molar refractivity (Wildman–Crippen MR) is 104 cm³/mol. The minimum Gasteiger partial charge on any atom is -0.493 e. The van der Waals surface area contributed by atoms with Crippen molar-refractivity contribution in [3.63, 3.8) is 0 Å². The molecule has 3 rings (SSSR count). The molecular weight excluding hydrogens is 364 g/mol. The van der Waals surface area contributed by atoms with Gasteiger partial charge in [-0.3, -0.25) is 4.79 Å². The predicted octanol–water partition coefficient (Wildman–Crippen LogP) is 4.46. The smallest absolute Gasteiger partial charge is 0.266 e. The van der Waals surface area contributed by atoms with Gasteiger partial charge in [0.05, 0.1) is 7.11 Å². The largest absolute Gasteiger partial charge is 0.493 e. The summed E-state index contributed by atoms with van der Waals surface area (Å²) in [4.78, 5) is 14.7. The van der Waals surface area contributed by atoms with E-state index in [1.165, 1.54) is 0 Å². The van der Waals surface area contributed by atoms with Crippen LogP contribution in [0, 0.1) is 18.3 Å². The normalized spacial score (nSPS) is 10.3. The Morgan fingerprint density at radius 1 is 1.11 bits per heavy atom. The molecule has 1 heterocycles. The Bertz CT molecular complexity index is 1070. The van der Waals surface area contributed by atoms with Gasteiger partial charge in [0.2, 0.25) is 0 Å². The summed E-state index contributed by atoms with van der Waals surface area (Å²) in [7, 11) is 1.56. The highest BCUT2D eigenvalue weighted by molar-refractivity contribution is 6.30. The van der Waals surface area contributed by atoms with Crippen molar-refractivity contribution < 1.29 is 9.47 Å². The lowest BCUT2D eigenvalue weighted by Gasteiger charge is -2.13. The second-order valence-corrected chi connectivity index (χ2v) is 6.40. The number of H-pyrrole nitrogens is 1. The lowest BCUT2D eigenvalue weighted by Crippen LogP contribution is -2.12. The number of hydrogen-bond donors (Lipinski definition) is 1. The number of aryl methyl sites for hydroxylation is 1. The molecule has 0 aliphatic heterocycles. The van der Waals surface area contributed by atoms with Crippen LogP contribution in [-0.2, 0) is 6.61 Å². The van der Waals surface area contributed by atoms with Crippen LogP contribution in [0.1, 0.15) is 16.8 Å². The van der Waals surface area contributed by atoms with E-state index in [1.807, 2.05) is 18.2 Å². The monoisotopic (exact) mass is 380 g/mol. The lowest BCUT2D eigenvalue weighted by atomic mass is 10.0. The molecule has 3 aromatic rings. The van der Waals surface area contributed by atoms with Gasteiger partial charge < -0.3 is 14.5 Å². The van der Waals surface area contributed by atoms with Crippen LogP contribution in [0.3, 0.4) is 0 Å². The minimum absolute atomic E-state index is 0.0643. The molecule has 0 atom stereocenters.